The van der Waals surface area contributed by atoms with Crippen LogP contribution in [0.3, 0.4) is 0 Å². The van der Waals surface area contributed by atoms with Crippen molar-refractivity contribution < 1.29 is 40.7 Å². The summed E-state index contributed by atoms with van der Waals surface area (Å²) in [7, 11) is 7.24. The maximum Gasteiger partial charge on any atom is 0.403 e. The standard InChI is InChI=1S/C29H23BClF6N5O3/c1-42-22-11-23(45-13-24(33)34)17(25(43)39-16-4-2-15(30)3-5-16)9-21(22)41-27(42)40-20-8-14(19(32)10-18(20)31)12-38-26(44)28(6-7-28)29(35,36)37/h2-5,8-11,24H,6-7,12-13H2,1H3,(H,38,44)(H,39,43)(H,40,41). The zero-order valence-corrected chi connectivity index (χ0v) is 24.1. The number of aryl methyl sites for hydroxylation is 1. The average molecular weight is 650 g/mol. The second-order valence-corrected chi connectivity index (χ2v) is 10.8. The van der Waals surface area contributed by atoms with E-state index in [2.05, 4.69) is 20.9 Å². The van der Waals surface area contributed by atoms with Crippen LogP contribution in [-0.2, 0) is 18.4 Å². The topological polar surface area (TPSA) is 97.3 Å². The molecule has 0 saturated heterocycles. The third-order valence-corrected chi connectivity index (χ3v) is 7.62. The van der Waals surface area contributed by atoms with E-state index in [0.717, 1.165) is 6.07 Å². The summed E-state index contributed by atoms with van der Waals surface area (Å²) in [5.41, 5.74) is -1.12. The lowest BCUT2D eigenvalue weighted by Gasteiger charge is -2.19. The highest BCUT2D eigenvalue weighted by molar-refractivity contribution is 6.33. The fourth-order valence-corrected chi connectivity index (χ4v) is 4.80. The van der Waals surface area contributed by atoms with Gasteiger partial charge in [0.1, 0.15) is 31.4 Å². The first-order valence-corrected chi connectivity index (χ1v) is 13.7. The Bertz CT molecular complexity index is 1780. The number of amides is 2. The number of fused-ring (bicyclic) bond motifs is 1. The fraction of sp³-hybridized carbons (Fsp3) is 0.276. The van der Waals surface area contributed by atoms with Crippen LogP contribution >= 0.6 is 11.6 Å². The Morgan fingerprint density at radius 1 is 1.13 bits per heavy atom. The molecule has 0 atom stereocenters. The minimum absolute atomic E-state index is 0.0882. The zero-order chi connectivity index (χ0) is 32.7. The molecule has 1 aliphatic carbocycles. The van der Waals surface area contributed by atoms with Crippen LogP contribution in [0.25, 0.3) is 11.0 Å². The molecule has 0 unspecified atom stereocenters. The monoisotopic (exact) mass is 649 g/mol. The number of hydrogen-bond donors (Lipinski definition) is 3. The maximum atomic E-state index is 14.7. The largest absolute Gasteiger partial charge is 0.487 e. The Kier molecular flexibility index (Phi) is 8.67. The van der Waals surface area contributed by atoms with Crippen molar-refractivity contribution in [3.05, 3.63) is 70.5 Å². The number of benzene rings is 3. The summed E-state index contributed by atoms with van der Waals surface area (Å²) in [6, 6.07) is 11.1. The van der Waals surface area contributed by atoms with Crippen LogP contribution in [0.2, 0.25) is 5.02 Å². The Balaban J connectivity index is 1.42. The minimum Gasteiger partial charge on any atom is -0.487 e. The first-order valence-electron chi connectivity index (χ1n) is 13.4. The summed E-state index contributed by atoms with van der Waals surface area (Å²) in [6.07, 6.45) is -8.22. The van der Waals surface area contributed by atoms with Crippen molar-refractivity contribution in [3.8, 4) is 5.75 Å². The van der Waals surface area contributed by atoms with E-state index in [1.807, 2.05) is 0 Å². The van der Waals surface area contributed by atoms with Gasteiger partial charge < -0.3 is 25.3 Å². The van der Waals surface area contributed by atoms with Crippen molar-refractivity contribution in [2.45, 2.75) is 32.0 Å². The number of nitrogens with one attached hydrogen (secondary N) is 3. The van der Waals surface area contributed by atoms with Crippen LogP contribution in [0, 0.1) is 11.2 Å². The van der Waals surface area contributed by atoms with Crippen LogP contribution in [-0.4, -0.2) is 48.4 Å². The molecule has 2 amide bonds. The number of nitrogens with zero attached hydrogens (tertiary/aromatic N) is 2. The van der Waals surface area contributed by atoms with E-state index >= 15 is 0 Å². The highest BCUT2D eigenvalue weighted by Gasteiger charge is 2.68. The quantitative estimate of drug-likeness (QED) is 0.150. The minimum atomic E-state index is -4.72. The summed E-state index contributed by atoms with van der Waals surface area (Å²) in [6.45, 7) is -1.51. The van der Waals surface area contributed by atoms with Crippen molar-refractivity contribution >= 4 is 65.1 Å². The predicted molar refractivity (Wildman–Crippen MR) is 156 cm³/mol. The number of alkyl halides is 5. The number of aromatic nitrogens is 2. The molecule has 2 radical (unpaired) electrons. The maximum absolute atomic E-state index is 14.7. The molecular formula is C29H23BClF6N5O3. The molecule has 1 aromatic heterocycles. The van der Waals surface area contributed by atoms with E-state index in [-0.39, 0.29) is 51.9 Å². The number of carbonyl (C=O) groups is 2. The van der Waals surface area contributed by atoms with Gasteiger partial charge in [-0.25, -0.2) is 18.2 Å². The average Bonchev–Trinajstić information content (AvgIpc) is 3.75. The number of hydrogen-bond acceptors (Lipinski definition) is 5. The molecule has 1 heterocycles. The van der Waals surface area contributed by atoms with E-state index in [1.165, 1.54) is 22.8 Å². The van der Waals surface area contributed by atoms with E-state index in [0.29, 0.717) is 16.7 Å². The smallest absolute Gasteiger partial charge is 0.403 e. The Morgan fingerprint density at radius 3 is 2.44 bits per heavy atom. The normalized spacial score (nSPS) is 14.0. The third kappa shape index (κ3) is 6.67. The molecule has 1 saturated carbocycles. The third-order valence-electron chi connectivity index (χ3n) is 7.31. The lowest BCUT2D eigenvalue weighted by atomic mass is 9.96. The molecule has 16 heteroatoms. The summed E-state index contributed by atoms with van der Waals surface area (Å²) in [4.78, 5) is 29.8. The van der Waals surface area contributed by atoms with Crippen molar-refractivity contribution in [1.29, 1.82) is 0 Å². The van der Waals surface area contributed by atoms with Crippen LogP contribution in [0.4, 0.5) is 43.7 Å². The molecule has 0 bridgehead atoms. The fourth-order valence-electron chi connectivity index (χ4n) is 4.60. The van der Waals surface area contributed by atoms with Gasteiger partial charge in [-0.3, -0.25) is 9.59 Å². The van der Waals surface area contributed by atoms with Crippen molar-refractivity contribution in [1.82, 2.24) is 14.9 Å². The van der Waals surface area contributed by atoms with Crippen LogP contribution in [0.1, 0.15) is 28.8 Å². The highest BCUT2D eigenvalue weighted by Crippen LogP contribution is 2.57. The molecule has 5 rings (SSSR count). The number of anilines is 3. The van der Waals surface area contributed by atoms with Gasteiger partial charge in [-0.1, -0.05) is 29.2 Å². The predicted octanol–water partition coefficient (Wildman–Crippen LogP) is 5.76. The van der Waals surface area contributed by atoms with Crippen LogP contribution < -0.4 is 26.2 Å². The molecule has 234 valence electrons. The Hall–Kier alpha value is -4.40. The van der Waals surface area contributed by atoms with Gasteiger partial charge in [0, 0.05) is 30.9 Å². The molecule has 8 nitrogen and oxygen atoms in total. The Labute approximate surface area is 258 Å². The summed E-state index contributed by atoms with van der Waals surface area (Å²) < 4.78 is 87.3. The highest BCUT2D eigenvalue weighted by atomic mass is 35.5. The number of carbonyl (C=O) groups excluding carboxylic acids is 2. The second kappa shape index (κ2) is 12.2. The molecule has 1 aliphatic rings. The van der Waals surface area contributed by atoms with Gasteiger partial charge in [0.15, 0.2) is 0 Å². The van der Waals surface area contributed by atoms with E-state index < -0.39 is 48.8 Å². The van der Waals surface area contributed by atoms with Gasteiger partial charge in [0.2, 0.25) is 11.9 Å². The van der Waals surface area contributed by atoms with Gasteiger partial charge in [-0.2, -0.15) is 13.2 Å². The van der Waals surface area contributed by atoms with Crippen molar-refractivity contribution in [2.24, 2.45) is 12.5 Å². The SMILES string of the molecule is [B]c1ccc(NC(=O)c2cc3nc(Nc4cc(CNC(=O)C5(C(F)(F)F)CC5)c(F)cc4Cl)n(C)c3cc2OCC(F)F)cc1. The first-order chi connectivity index (χ1) is 21.2. The molecule has 45 heavy (non-hydrogen) atoms. The molecule has 4 aromatic rings. The number of imidazole rings is 1. The molecule has 0 spiro atoms. The molecule has 1 fully saturated rings. The van der Waals surface area contributed by atoms with Gasteiger partial charge in [0.25, 0.3) is 12.3 Å². The van der Waals surface area contributed by atoms with E-state index in [4.69, 9.17) is 24.2 Å². The zero-order valence-electron chi connectivity index (χ0n) is 23.4. The molecule has 0 aliphatic heterocycles. The van der Waals surface area contributed by atoms with Crippen molar-refractivity contribution in [2.75, 3.05) is 17.2 Å². The lowest BCUT2D eigenvalue weighted by molar-refractivity contribution is -0.192. The van der Waals surface area contributed by atoms with Crippen molar-refractivity contribution in [3.63, 3.8) is 0 Å². The molecule has 3 aromatic carbocycles. The number of rotatable bonds is 10. The second-order valence-electron chi connectivity index (χ2n) is 10.4. The lowest BCUT2D eigenvalue weighted by Crippen LogP contribution is -2.41. The Morgan fingerprint density at radius 2 is 1.82 bits per heavy atom. The number of halogens is 7. The van der Waals surface area contributed by atoms with Gasteiger partial charge >= 0.3 is 6.18 Å². The molecular weight excluding hydrogens is 627 g/mol. The first kappa shape index (κ1) is 32.0. The van der Waals surface area contributed by atoms with Crippen LogP contribution in [0.5, 0.6) is 5.75 Å². The summed E-state index contributed by atoms with van der Waals surface area (Å²) in [5.74, 6) is -2.78. The number of ether oxygens (including phenoxy) is 1. The summed E-state index contributed by atoms with van der Waals surface area (Å²) >= 11 is 6.23. The summed E-state index contributed by atoms with van der Waals surface area (Å²) in [5, 5.41) is 7.59. The van der Waals surface area contributed by atoms with Gasteiger partial charge in [-0.05, 0) is 43.2 Å². The van der Waals surface area contributed by atoms with Crippen LogP contribution in [0.15, 0.2) is 48.5 Å². The van der Waals surface area contributed by atoms with E-state index in [1.54, 1.807) is 31.3 Å². The van der Waals surface area contributed by atoms with Gasteiger partial charge in [0.05, 0.1) is 27.3 Å². The van der Waals surface area contributed by atoms with Gasteiger partial charge in [-0.15, -0.1) is 0 Å². The van der Waals surface area contributed by atoms with E-state index in [9.17, 15) is 35.9 Å². The molecule has 3 N–H and O–H groups in total.